The summed E-state index contributed by atoms with van der Waals surface area (Å²) < 4.78 is 5.26. The third-order valence-electron chi connectivity index (χ3n) is 3.30. The van der Waals surface area contributed by atoms with Gasteiger partial charge < -0.3 is 15.0 Å². The van der Waals surface area contributed by atoms with Gasteiger partial charge in [0.05, 0.1) is 6.04 Å². The molecule has 0 radical (unpaired) electrons. The van der Waals surface area contributed by atoms with E-state index >= 15 is 0 Å². The lowest BCUT2D eigenvalue weighted by atomic mass is 10.2. The number of hydrogen-bond acceptors (Lipinski definition) is 4. The highest BCUT2D eigenvalue weighted by atomic mass is 16.6. The van der Waals surface area contributed by atoms with Gasteiger partial charge in [-0.3, -0.25) is 4.79 Å². The number of carbonyl (C=O) groups is 2. The molecule has 1 amide bonds. The molecule has 21 heavy (non-hydrogen) atoms. The second kappa shape index (κ2) is 6.16. The number of nitrogens with one attached hydrogen (secondary N) is 1. The van der Waals surface area contributed by atoms with Crippen molar-refractivity contribution in [2.75, 3.05) is 18.0 Å². The van der Waals surface area contributed by atoms with Crippen molar-refractivity contribution in [1.29, 1.82) is 0 Å². The third kappa shape index (κ3) is 4.48. The zero-order chi connectivity index (χ0) is 15.5. The Morgan fingerprint density at radius 1 is 1.33 bits per heavy atom. The zero-order valence-electron chi connectivity index (χ0n) is 12.8. The van der Waals surface area contributed by atoms with Gasteiger partial charge in [-0.05, 0) is 51.5 Å². The van der Waals surface area contributed by atoms with Crippen LogP contribution in [0.4, 0.5) is 10.5 Å². The number of ether oxygens (including phenoxy) is 1. The van der Waals surface area contributed by atoms with Crippen molar-refractivity contribution < 1.29 is 14.3 Å². The van der Waals surface area contributed by atoms with Gasteiger partial charge >= 0.3 is 6.09 Å². The highest BCUT2D eigenvalue weighted by molar-refractivity contribution is 5.75. The third-order valence-corrected chi connectivity index (χ3v) is 3.30. The number of amides is 1. The fourth-order valence-electron chi connectivity index (χ4n) is 2.35. The number of rotatable bonds is 3. The number of aldehydes is 1. The first kappa shape index (κ1) is 15.4. The summed E-state index contributed by atoms with van der Waals surface area (Å²) in [5.74, 6) is 0. The van der Waals surface area contributed by atoms with E-state index in [9.17, 15) is 9.59 Å². The van der Waals surface area contributed by atoms with Gasteiger partial charge in [0.1, 0.15) is 11.9 Å². The average molecular weight is 290 g/mol. The maximum Gasteiger partial charge on any atom is 0.407 e. The first-order valence-electron chi connectivity index (χ1n) is 7.17. The minimum absolute atomic E-state index is 0.0885. The highest BCUT2D eigenvalue weighted by Gasteiger charge is 2.26. The van der Waals surface area contributed by atoms with Crippen LogP contribution in [0.3, 0.4) is 0 Å². The number of benzene rings is 1. The number of hydrogen-bond donors (Lipinski definition) is 1. The van der Waals surface area contributed by atoms with Crippen molar-refractivity contribution in [3.05, 3.63) is 29.8 Å². The quantitative estimate of drug-likeness (QED) is 0.869. The van der Waals surface area contributed by atoms with E-state index in [1.165, 1.54) is 0 Å². The summed E-state index contributed by atoms with van der Waals surface area (Å²) in [5.41, 5.74) is 1.25. The van der Waals surface area contributed by atoms with Crippen molar-refractivity contribution in [3.63, 3.8) is 0 Å². The molecular weight excluding hydrogens is 268 g/mol. The van der Waals surface area contributed by atoms with E-state index in [1.807, 2.05) is 32.9 Å². The van der Waals surface area contributed by atoms with Crippen LogP contribution < -0.4 is 10.2 Å². The Kier molecular flexibility index (Phi) is 4.50. The number of nitrogens with zero attached hydrogens (tertiary/aromatic N) is 1. The van der Waals surface area contributed by atoms with E-state index in [0.717, 1.165) is 31.5 Å². The fourth-order valence-corrected chi connectivity index (χ4v) is 2.35. The normalized spacial score (nSPS) is 18.4. The van der Waals surface area contributed by atoms with Gasteiger partial charge in [-0.1, -0.05) is 0 Å². The maximum absolute atomic E-state index is 11.8. The average Bonchev–Trinajstić information content (AvgIpc) is 2.85. The van der Waals surface area contributed by atoms with Gasteiger partial charge in [-0.25, -0.2) is 4.79 Å². The van der Waals surface area contributed by atoms with Crippen LogP contribution in [0.25, 0.3) is 0 Å². The van der Waals surface area contributed by atoms with Crippen molar-refractivity contribution in [3.8, 4) is 0 Å². The Morgan fingerprint density at radius 2 is 2.00 bits per heavy atom. The van der Waals surface area contributed by atoms with Gasteiger partial charge in [0.15, 0.2) is 0 Å². The summed E-state index contributed by atoms with van der Waals surface area (Å²) >= 11 is 0. The van der Waals surface area contributed by atoms with Crippen molar-refractivity contribution in [2.45, 2.75) is 38.8 Å². The van der Waals surface area contributed by atoms with E-state index in [4.69, 9.17) is 4.74 Å². The molecular formula is C16H22N2O3. The molecule has 1 unspecified atom stereocenters. The van der Waals surface area contributed by atoms with Crippen LogP contribution in [0.5, 0.6) is 0 Å². The fraction of sp³-hybridized carbons (Fsp3) is 0.500. The topological polar surface area (TPSA) is 58.6 Å². The van der Waals surface area contributed by atoms with Crippen LogP contribution in [-0.2, 0) is 4.74 Å². The summed E-state index contributed by atoms with van der Waals surface area (Å²) in [6.07, 6.45) is 1.35. The molecule has 1 aromatic carbocycles. The predicted octanol–water partition coefficient (Wildman–Crippen LogP) is 2.60. The van der Waals surface area contributed by atoms with Crippen molar-refractivity contribution in [2.24, 2.45) is 0 Å². The second-order valence-electron chi connectivity index (χ2n) is 6.29. The van der Waals surface area contributed by atoms with Crippen LogP contribution in [0.1, 0.15) is 37.6 Å². The van der Waals surface area contributed by atoms with Crippen LogP contribution >= 0.6 is 0 Å². The molecule has 0 aromatic heterocycles. The Hall–Kier alpha value is -2.04. The monoisotopic (exact) mass is 290 g/mol. The SMILES string of the molecule is CC(C)(C)OC(=O)NC1CCN(c2ccc(C=O)cc2)C1. The van der Waals surface area contributed by atoms with E-state index in [0.29, 0.717) is 5.56 Å². The van der Waals surface area contributed by atoms with Gasteiger partial charge in [-0.15, -0.1) is 0 Å². The molecule has 5 heteroatoms. The van der Waals surface area contributed by atoms with Crippen LogP contribution in [0, 0.1) is 0 Å². The summed E-state index contributed by atoms with van der Waals surface area (Å²) in [6, 6.07) is 7.55. The van der Waals surface area contributed by atoms with E-state index in [1.54, 1.807) is 12.1 Å². The Bertz CT molecular complexity index is 505. The predicted molar refractivity (Wildman–Crippen MR) is 81.8 cm³/mol. The summed E-state index contributed by atoms with van der Waals surface area (Å²) in [5, 5.41) is 2.90. The molecule has 1 atom stereocenters. The van der Waals surface area contributed by atoms with Crippen LogP contribution in [-0.4, -0.2) is 37.1 Å². The molecule has 5 nitrogen and oxygen atoms in total. The number of alkyl carbamates (subject to hydrolysis) is 1. The van der Waals surface area contributed by atoms with Crippen LogP contribution in [0.2, 0.25) is 0 Å². The Morgan fingerprint density at radius 3 is 2.57 bits per heavy atom. The van der Waals surface area contributed by atoms with Crippen molar-refractivity contribution >= 4 is 18.1 Å². The molecule has 1 aliphatic rings. The molecule has 0 spiro atoms. The Labute approximate surface area is 125 Å². The molecule has 0 saturated carbocycles. The molecule has 0 aliphatic carbocycles. The lowest BCUT2D eigenvalue weighted by molar-refractivity contribution is 0.0509. The first-order valence-corrected chi connectivity index (χ1v) is 7.17. The molecule has 1 fully saturated rings. The standard InChI is InChI=1S/C16H22N2O3/c1-16(2,3)21-15(20)17-13-8-9-18(10-13)14-6-4-12(11-19)5-7-14/h4-7,11,13H,8-10H2,1-3H3,(H,17,20). The zero-order valence-corrected chi connectivity index (χ0v) is 12.8. The largest absolute Gasteiger partial charge is 0.444 e. The number of carbonyl (C=O) groups excluding carboxylic acids is 2. The second-order valence-corrected chi connectivity index (χ2v) is 6.29. The molecule has 1 saturated heterocycles. The minimum atomic E-state index is -0.479. The molecule has 1 aromatic rings. The van der Waals surface area contributed by atoms with Gasteiger partial charge in [0.25, 0.3) is 0 Å². The maximum atomic E-state index is 11.8. The Balaban J connectivity index is 1.88. The van der Waals surface area contributed by atoms with E-state index in [2.05, 4.69) is 10.2 Å². The molecule has 0 bridgehead atoms. The number of anilines is 1. The summed E-state index contributed by atoms with van der Waals surface area (Å²) in [4.78, 5) is 24.6. The molecule has 2 rings (SSSR count). The molecule has 1 aliphatic heterocycles. The van der Waals surface area contributed by atoms with Gasteiger partial charge in [-0.2, -0.15) is 0 Å². The lowest BCUT2D eigenvalue weighted by Crippen LogP contribution is -2.40. The van der Waals surface area contributed by atoms with E-state index < -0.39 is 5.60 Å². The first-order chi connectivity index (χ1) is 9.87. The van der Waals surface area contributed by atoms with Crippen molar-refractivity contribution in [1.82, 2.24) is 5.32 Å². The van der Waals surface area contributed by atoms with Gasteiger partial charge in [0.2, 0.25) is 0 Å². The van der Waals surface area contributed by atoms with Gasteiger partial charge in [0, 0.05) is 24.3 Å². The highest BCUT2D eigenvalue weighted by Crippen LogP contribution is 2.21. The molecule has 1 heterocycles. The molecule has 1 N–H and O–H groups in total. The minimum Gasteiger partial charge on any atom is -0.444 e. The molecule has 114 valence electrons. The summed E-state index contributed by atoms with van der Waals surface area (Å²) in [6.45, 7) is 7.17. The van der Waals surface area contributed by atoms with E-state index in [-0.39, 0.29) is 12.1 Å². The lowest BCUT2D eigenvalue weighted by Gasteiger charge is -2.22. The van der Waals surface area contributed by atoms with Crippen LogP contribution in [0.15, 0.2) is 24.3 Å². The smallest absolute Gasteiger partial charge is 0.407 e. The summed E-state index contributed by atoms with van der Waals surface area (Å²) in [7, 11) is 0.